The monoisotopic (exact) mass is 433 g/mol. The Morgan fingerprint density at radius 3 is 1.88 bits per heavy atom. The van der Waals surface area contributed by atoms with Crippen molar-refractivity contribution in [3.63, 3.8) is 0 Å². The molecule has 0 aliphatic carbocycles. The quantitative estimate of drug-likeness (QED) is 0.456. The number of hydrogen-bond acceptors (Lipinski definition) is 4. The van der Waals surface area contributed by atoms with Crippen molar-refractivity contribution in [1.82, 2.24) is 5.32 Å². The maximum absolute atomic E-state index is 11.9. The molecule has 0 aliphatic heterocycles. The molecule has 0 aliphatic rings. The number of amides is 1. The van der Waals surface area contributed by atoms with Crippen LogP contribution in [0.1, 0.15) is 37.5 Å². The summed E-state index contributed by atoms with van der Waals surface area (Å²) in [5.74, 6) is 1.37. The van der Waals surface area contributed by atoms with Gasteiger partial charge in [-0.2, -0.15) is 0 Å². The Hall–Kier alpha value is -3.47. The molecular formula is C27H31NO4. The molecule has 5 heteroatoms. The van der Waals surface area contributed by atoms with Crippen LogP contribution < -0.4 is 14.8 Å². The molecular weight excluding hydrogens is 402 g/mol. The van der Waals surface area contributed by atoms with Crippen molar-refractivity contribution in [2.24, 2.45) is 0 Å². The Kier molecular flexibility index (Phi) is 8.14. The van der Waals surface area contributed by atoms with E-state index in [9.17, 15) is 4.79 Å². The molecule has 168 valence electrons. The zero-order valence-electron chi connectivity index (χ0n) is 19.0. The van der Waals surface area contributed by atoms with Gasteiger partial charge in [0.2, 0.25) is 0 Å². The molecule has 0 unspecified atom stereocenters. The lowest BCUT2D eigenvalue weighted by atomic mass is 10.1. The topological polar surface area (TPSA) is 56.8 Å². The van der Waals surface area contributed by atoms with Crippen LogP contribution in [-0.2, 0) is 24.4 Å². The Balaban J connectivity index is 1.65. The van der Waals surface area contributed by atoms with Crippen molar-refractivity contribution in [2.45, 2.75) is 46.0 Å². The first kappa shape index (κ1) is 23.2. The fourth-order valence-electron chi connectivity index (χ4n) is 3.03. The molecule has 0 heterocycles. The number of hydrogen-bond donors (Lipinski definition) is 1. The SMILES string of the molecule is CC(C)(C)OC(=O)NCCc1ccc(OCc2ccccc2)c(OCc2ccccc2)c1. The normalized spacial score (nSPS) is 11.0. The van der Waals surface area contributed by atoms with E-state index in [1.807, 2.05) is 99.6 Å². The zero-order chi connectivity index (χ0) is 22.8. The molecule has 32 heavy (non-hydrogen) atoms. The van der Waals surface area contributed by atoms with Crippen LogP contribution in [0.15, 0.2) is 78.9 Å². The predicted molar refractivity (Wildman–Crippen MR) is 126 cm³/mol. The van der Waals surface area contributed by atoms with Gasteiger partial charge in [-0.3, -0.25) is 0 Å². The average molecular weight is 434 g/mol. The van der Waals surface area contributed by atoms with Crippen LogP contribution >= 0.6 is 0 Å². The van der Waals surface area contributed by atoms with E-state index in [0.29, 0.717) is 37.7 Å². The summed E-state index contributed by atoms with van der Waals surface area (Å²) in [5.41, 5.74) is 2.70. The zero-order valence-corrected chi connectivity index (χ0v) is 19.0. The summed E-state index contributed by atoms with van der Waals surface area (Å²) in [6.45, 7) is 6.91. The van der Waals surface area contributed by atoms with E-state index in [-0.39, 0.29) is 0 Å². The molecule has 3 rings (SSSR count). The van der Waals surface area contributed by atoms with Crippen molar-refractivity contribution in [1.29, 1.82) is 0 Å². The van der Waals surface area contributed by atoms with Crippen LogP contribution in [0, 0.1) is 0 Å². The second-order valence-electron chi connectivity index (χ2n) is 8.51. The van der Waals surface area contributed by atoms with Crippen LogP contribution in [0.5, 0.6) is 11.5 Å². The Morgan fingerprint density at radius 1 is 0.750 bits per heavy atom. The highest BCUT2D eigenvalue weighted by molar-refractivity contribution is 5.67. The van der Waals surface area contributed by atoms with Gasteiger partial charge in [-0.1, -0.05) is 66.7 Å². The van der Waals surface area contributed by atoms with Crippen LogP contribution in [0.25, 0.3) is 0 Å². The van der Waals surface area contributed by atoms with Gasteiger partial charge in [0, 0.05) is 6.54 Å². The van der Waals surface area contributed by atoms with E-state index < -0.39 is 11.7 Å². The molecule has 1 amide bonds. The third-order valence-electron chi connectivity index (χ3n) is 4.56. The van der Waals surface area contributed by atoms with Gasteiger partial charge in [0.15, 0.2) is 11.5 Å². The third-order valence-corrected chi connectivity index (χ3v) is 4.56. The standard InChI is InChI=1S/C27H31NO4/c1-27(2,3)32-26(29)28-17-16-21-14-15-24(30-19-22-10-6-4-7-11-22)25(18-21)31-20-23-12-8-5-9-13-23/h4-15,18H,16-17,19-20H2,1-3H3,(H,28,29). The largest absolute Gasteiger partial charge is 0.485 e. The summed E-state index contributed by atoms with van der Waals surface area (Å²) < 4.78 is 17.4. The summed E-state index contributed by atoms with van der Waals surface area (Å²) in [5, 5.41) is 2.79. The van der Waals surface area contributed by atoms with Crippen LogP contribution in [0.4, 0.5) is 4.79 Å². The van der Waals surface area contributed by atoms with Crippen LogP contribution in [0.2, 0.25) is 0 Å². The van der Waals surface area contributed by atoms with Gasteiger partial charge in [0.05, 0.1) is 0 Å². The van der Waals surface area contributed by atoms with Gasteiger partial charge >= 0.3 is 6.09 Å². The Morgan fingerprint density at radius 2 is 1.31 bits per heavy atom. The van der Waals surface area contributed by atoms with Crippen LogP contribution in [0.3, 0.4) is 0 Å². The summed E-state index contributed by atoms with van der Waals surface area (Å²) in [6, 6.07) is 25.9. The molecule has 0 bridgehead atoms. The number of rotatable bonds is 9. The van der Waals surface area contributed by atoms with Gasteiger partial charge in [0.25, 0.3) is 0 Å². The number of alkyl carbamates (subject to hydrolysis) is 1. The fraction of sp³-hybridized carbons (Fsp3) is 0.296. The lowest BCUT2D eigenvalue weighted by molar-refractivity contribution is 0.0528. The molecule has 0 saturated heterocycles. The summed E-state index contributed by atoms with van der Waals surface area (Å²) in [4.78, 5) is 11.9. The molecule has 3 aromatic rings. The molecule has 5 nitrogen and oxygen atoms in total. The van der Waals surface area contributed by atoms with Crippen molar-refractivity contribution in [3.05, 3.63) is 95.6 Å². The van der Waals surface area contributed by atoms with Gasteiger partial charge < -0.3 is 19.5 Å². The van der Waals surface area contributed by atoms with Crippen molar-refractivity contribution in [2.75, 3.05) is 6.54 Å². The summed E-state index contributed by atoms with van der Waals surface area (Å²) >= 11 is 0. The van der Waals surface area contributed by atoms with Gasteiger partial charge in [-0.15, -0.1) is 0 Å². The smallest absolute Gasteiger partial charge is 0.407 e. The van der Waals surface area contributed by atoms with E-state index in [4.69, 9.17) is 14.2 Å². The summed E-state index contributed by atoms with van der Waals surface area (Å²) in [7, 11) is 0. The Labute approximate surface area is 190 Å². The number of carbonyl (C=O) groups excluding carboxylic acids is 1. The second kappa shape index (κ2) is 11.2. The van der Waals surface area contributed by atoms with E-state index in [0.717, 1.165) is 16.7 Å². The van der Waals surface area contributed by atoms with E-state index in [1.54, 1.807) is 0 Å². The molecule has 3 aromatic carbocycles. The van der Waals surface area contributed by atoms with Gasteiger partial charge in [-0.05, 0) is 56.0 Å². The number of benzene rings is 3. The fourth-order valence-corrected chi connectivity index (χ4v) is 3.03. The minimum atomic E-state index is -0.514. The maximum atomic E-state index is 11.9. The molecule has 0 fully saturated rings. The lowest BCUT2D eigenvalue weighted by Crippen LogP contribution is -2.33. The van der Waals surface area contributed by atoms with Crippen LogP contribution in [-0.4, -0.2) is 18.2 Å². The molecule has 0 aromatic heterocycles. The maximum Gasteiger partial charge on any atom is 0.407 e. The molecule has 0 atom stereocenters. The van der Waals surface area contributed by atoms with E-state index >= 15 is 0 Å². The van der Waals surface area contributed by atoms with Gasteiger partial charge in [-0.25, -0.2) is 4.79 Å². The van der Waals surface area contributed by atoms with Crippen molar-refractivity contribution in [3.8, 4) is 11.5 Å². The highest BCUT2D eigenvalue weighted by Gasteiger charge is 2.15. The van der Waals surface area contributed by atoms with E-state index in [2.05, 4.69) is 5.32 Å². The van der Waals surface area contributed by atoms with E-state index in [1.165, 1.54) is 0 Å². The molecule has 0 radical (unpaired) electrons. The first-order chi connectivity index (χ1) is 15.4. The van der Waals surface area contributed by atoms with Crippen molar-refractivity contribution < 1.29 is 19.0 Å². The number of ether oxygens (including phenoxy) is 3. The number of nitrogens with one attached hydrogen (secondary N) is 1. The molecule has 1 N–H and O–H groups in total. The number of carbonyl (C=O) groups is 1. The lowest BCUT2D eigenvalue weighted by Gasteiger charge is -2.19. The molecule has 0 saturated carbocycles. The summed E-state index contributed by atoms with van der Waals surface area (Å²) in [6.07, 6.45) is 0.237. The minimum Gasteiger partial charge on any atom is -0.485 e. The third kappa shape index (κ3) is 7.99. The predicted octanol–water partition coefficient (Wildman–Crippen LogP) is 5.91. The first-order valence-corrected chi connectivity index (χ1v) is 10.8. The minimum absolute atomic E-state index is 0.416. The molecule has 0 spiro atoms. The van der Waals surface area contributed by atoms with Crippen molar-refractivity contribution >= 4 is 6.09 Å². The Bertz CT molecular complexity index is 982. The average Bonchev–Trinajstić information content (AvgIpc) is 2.77. The van der Waals surface area contributed by atoms with Gasteiger partial charge in [0.1, 0.15) is 18.8 Å². The highest BCUT2D eigenvalue weighted by Crippen LogP contribution is 2.30. The highest BCUT2D eigenvalue weighted by atomic mass is 16.6. The first-order valence-electron chi connectivity index (χ1n) is 10.8. The second-order valence-corrected chi connectivity index (χ2v) is 8.51.